The number of hydrogen-bond acceptors (Lipinski definition) is 7. The topological polar surface area (TPSA) is 140 Å². The number of hydrogen-bond donors (Lipinski definition) is 2. The molecule has 0 aliphatic rings. The summed E-state index contributed by atoms with van der Waals surface area (Å²) in [5, 5.41) is 25.6. The van der Waals surface area contributed by atoms with Crippen molar-refractivity contribution in [1.82, 2.24) is 0 Å². The maximum Gasteiger partial charge on any atom is 1.00 e. The molecule has 40 heavy (non-hydrogen) atoms. The van der Waals surface area contributed by atoms with Gasteiger partial charge in [0.2, 0.25) is 0 Å². The van der Waals surface area contributed by atoms with Gasteiger partial charge in [-0.3, -0.25) is 9.35 Å². The molecule has 0 aliphatic carbocycles. The van der Waals surface area contributed by atoms with Gasteiger partial charge in [0, 0.05) is 22.0 Å². The van der Waals surface area contributed by atoms with Crippen LogP contribution in [0.1, 0.15) is 29.8 Å². The van der Waals surface area contributed by atoms with Crippen molar-refractivity contribution in [1.29, 1.82) is 0 Å². The fourth-order valence-electron chi connectivity index (χ4n) is 3.89. The maximum atomic E-state index is 13.5. The van der Waals surface area contributed by atoms with Crippen molar-refractivity contribution in [3.8, 4) is 11.5 Å². The molecule has 0 bridgehead atoms. The van der Waals surface area contributed by atoms with Crippen molar-refractivity contribution in [3.63, 3.8) is 0 Å². The van der Waals surface area contributed by atoms with Crippen molar-refractivity contribution in [2.24, 2.45) is 10.2 Å². The number of aryl methyl sites for hydroxylation is 1. The molecule has 4 rings (SSSR count). The SMILES string of the molecule is CCOc1cc(Cl)ccc1NC(=O)c1cc2ccccc2c(N=Nc2cc(CC)c(Cl)c(S(=O)(=O)O)c2)c1[O-].[Na+]. The molecule has 0 fully saturated rings. The summed E-state index contributed by atoms with van der Waals surface area (Å²) >= 11 is 12.2. The van der Waals surface area contributed by atoms with Gasteiger partial charge in [0.25, 0.3) is 16.0 Å². The molecule has 0 spiro atoms. The van der Waals surface area contributed by atoms with Crippen LogP contribution in [0.25, 0.3) is 10.8 Å². The predicted octanol–water partition coefficient (Wildman–Crippen LogP) is 4.10. The summed E-state index contributed by atoms with van der Waals surface area (Å²) in [5.41, 5.74) is 0.469. The molecule has 0 aliphatic heterocycles. The summed E-state index contributed by atoms with van der Waals surface area (Å²) in [4.78, 5) is 12.7. The molecule has 0 saturated heterocycles. The number of ether oxygens (including phenoxy) is 1. The van der Waals surface area contributed by atoms with E-state index in [-0.39, 0.29) is 51.5 Å². The second-order valence-electron chi connectivity index (χ2n) is 8.30. The van der Waals surface area contributed by atoms with E-state index in [0.29, 0.717) is 45.8 Å². The molecule has 202 valence electrons. The number of carbonyl (C=O) groups is 1. The van der Waals surface area contributed by atoms with Crippen LogP contribution in [0, 0.1) is 0 Å². The molecule has 0 heterocycles. The summed E-state index contributed by atoms with van der Waals surface area (Å²) in [6, 6.07) is 15.5. The van der Waals surface area contributed by atoms with Gasteiger partial charge in [-0.1, -0.05) is 60.1 Å². The van der Waals surface area contributed by atoms with Crippen LogP contribution in [0.15, 0.2) is 75.8 Å². The van der Waals surface area contributed by atoms with E-state index in [9.17, 15) is 22.9 Å². The van der Waals surface area contributed by atoms with E-state index in [4.69, 9.17) is 27.9 Å². The van der Waals surface area contributed by atoms with Gasteiger partial charge >= 0.3 is 29.6 Å². The van der Waals surface area contributed by atoms with E-state index in [1.807, 2.05) is 0 Å². The fraction of sp³-hybridized carbons (Fsp3) is 0.148. The Hall–Kier alpha value is -2.70. The summed E-state index contributed by atoms with van der Waals surface area (Å²) in [7, 11) is -4.64. The van der Waals surface area contributed by atoms with Crippen LogP contribution in [0.3, 0.4) is 0 Å². The van der Waals surface area contributed by atoms with Crippen molar-refractivity contribution in [2.45, 2.75) is 25.2 Å². The van der Waals surface area contributed by atoms with Gasteiger partial charge in [0.1, 0.15) is 10.6 Å². The molecule has 4 aromatic carbocycles. The molecule has 0 unspecified atom stereocenters. The number of amides is 1. The van der Waals surface area contributed by atoms with Gasteiger partial charge in [0.15, 0.2) is 0 Å². The molecule has 0 saturated carbocycles. The van der Waals surface area contributed by atoms with Crippen molar-refractivity contribution >= 4 is 67.1 Å². The van der Waals surface area contributed by atoms with Crippen LogP contribution in [-0.2, 0) is 16.5 Å². The molecule has 1 amide bonds. The van der Waals surface area contributed by atoms with Crippen LogP contribution < -0.4 is 44.7 Å². The van der Waals surface area contributed by atoms with Crippen molar-refractivity contribution in [3.05, 3.63) is 81.8 Å². The van der Waals surface area contributed by atoms with Gasteiger partial charge in [-0.05, 0) is 54.6 Å². The number of benzene rings is 4. The minimum Gasteiger partial charge on any atom is -0.870 e. The Labute approximate surface area is 263 Å². The summed E-state index contributed by atoms with van der Waals surface area (Å²) in [5.74, 6) is -1.05. The zero-order valence-corrected chi connectivity index (χ0v) is 26.1. The van der Waals surface area contributed by atoms with Gasteiger partial charge in [-0.25, -0.2) is 0 Å². The van der Waals surface area contributed by atoms with Gasteiger partial charge in [-0.15, -0.1) is 0 Å². The smallest absolute Gasteiger partial charge is 0.870 e. The molecule has 4 aromatic rings. The van der Waals surface area contributed by atoms with Gasteiger partial charge < -0.3 is 15.2 Å². The summed E-state index contributed by atoms with van der Waals surface area (Å²) < 4.78 is 38.8. The predicted molar refractivity (Wildman–Crippen MR) is 149 cm³/mol. The number of fused-ring (bicyclic) bond motifs is 1. The molecular weight excluding hydrogens is 588 g/mol. The molecular formula is C27H22Cl2N3NaO6S. The zero-order valence-electron chi connectivity index (χ0n) is 21.7. The first-order valence-corrected chi connectivity index (χ1v) is 13.9. The first-order chi connectivity index (χ1) is 18.5. The Morgan fingerprint density at radius 3 is 2.45 bits per heavy atom. The number of nitrogens with one attached hydrogen (secondary N) is 1. The average Bonchev–Trinajstić information content (AvgIpc) is 2.89. The molecule has 13 heteroatoms. The van der Waals surface area contributed by atoms with E-state index < -0.39 is 26.7 Å². The van der Waals surface area contributed by atoms with Crippen molar-refractivity contribution < 1.29 is 57.2 Å². The fourth-order valence-corrected chi connectivity index (χ4v) is 5.22. The average molecular weight is 610 g/mol. The van der Waals surface area contributed by atoms with E-state index in [1.54, 1.807) is 56.3 Å². The van der Waals surface area contributed by atoms with E-state index in [2.05, 4.69) is 15.5 Å². The Bertz CT molecular complexity index is 1730. The van der Waals surface area contributed by atoms with Gasteiger partial charge in [0.05, 0.1) is 28.7 Å². The minimum absolute atomic E-state index is 0. The third-order valence-corrected chi connectivity index (χ3v) is 7.41. The Kier molecular flexibility index (Phi) is 10.6. The Morgan fingerprint density at radius 1 is 1.05 bits per heavy atom. The number of carbonyl (C=O) groups excluding carboxylic acids is 1. The van der Waals surface area contributed by atoms with Gasteiger partial charge in [-0.2, -0.15) is 18.6 Å². The Balaban J connectivity index is 0.00000441. The zero-order chi connectivity index (χ0) is 28.3. The Morgan fingerprint density at radius 2 is 1.77 bits per heavy atom. The third kappa shape index (κ3) is 6.95. The van der Waals surface area contributed by atoms with Crippen LogP contribution in [0.4, 0.5) is 17.1 Å². The third-order valence-electron chi connectivity index (χ3n) is 5.74. The monoisotopic (exact) mass is 609 g/mol. The number of rotatable bonds is 8. The molecule has 0 atom stereocenters. The van der Waals surface area contributed by atoms with E-state index in [0.717, 1.165) is 6.07 Å². The molecule has 9 nitrogen and oxygen atoms in total. The molecule has 0 aromatic heterocycles. The van der Waals surface area contributed by atoms with Crippen LogP contribution in [-0.4, -0.2) is 25.5 Å². The van der Waals surface area contributed by atoms with Crippen LogP contribution in [0.2, 0.25) is 10.0 Å². The quantitative estimate of drug-likeness (QED) is 0.175. The standard InChI is InChI=1S/C27H23Cl2N3O6S.Na/c1-3-15-11-18(14-23(24(15)29)39(35,36)37)31-32-25-19-8-6-5-7-16(19)12-20(26(25)33)27(34)30-21-10-9-17(28)13-22(21)38-4-2;/h5-14,33H,3-4H2,1-2H3,(H,30,34)(H,35,36,37);/q;+1/p-1. The van der Waals surface area contributed by atoms with E-state index in [1.165, 1.54) is 12.1 Å². The van der Waals surface area contributed by atoms with Crippen molar-refractivity contribution in [2.75, 3.05) is 11.9 Å². The first kappa shape index (κ1) is 31.8. The van der Waals surface area contributed by atoms with E-state index >= 15 is 0 Å². The second kappa shape index (κ2) is 13.3. The second-order valence-corrected chi connectivity index (χ2v) is 10.5. The minimum atomic E-state index is -4.64. The maximum absolute atomic E-state index is 13.5. The number of halogens is 2. The molecule has 2 N–H and O–H groups in total. The number of nitrogens with zero attached hydrogens (tertiary/aromatic N) is 2. The molecule has 0 radical (unpaired) electrons. The normalized spacial score (nSPS) is 11.4. The van der Waals surface area contributed by atoms with Crippen LogP contribution >= 0.6 is 23.2 Å². The first-order valence-electron chi connectivity index (χ1n) is 11.7. The number of azo groups is 1. The summed E-state index contributed by atoms with van der Waals surface area (Å²) in [6.07, 6.45) is 0.352. The largest absolute Gasteiger partial charge is 1.00 e. The summed E-state index contributed by atoms with van der Waals surface area (Å²) in [6.45, 7) is 3.87. The number of anilines is 1. The van der Waals surface area contributed by atoms with Crippen LogP contribution in [0.5, 0.6) is 11.5 Å².